The van der Waals surface area contributed by atoms with E-state index in [9.17, 15) is 17.6 Å². The number of benzene rings is 2. The van der Waals surface area contributed by atoms with Crippen molar-refractivity contribution < 1.29 is 22.3 Å². The van der Waals surface area contributed by atoms with Gasteiger partial charge in [-0.3, -0.25) is 0 Å². The van der Waals surface area contributed by atoms with E-state index in [0.717, 1.165) is 42.2 Å². The van der Waals surface area contributed by atoms with Crippen molar-refractivity contribution >= 4 is 17.8 Å². The third-order valence-corrected chi connectivity index (χ3v) is 5.02. The van der Waals surface area contributed by atoms with E-state index in [1.54, 1.807) is 25.1 Å². The van der Waals surface area contributed by atoms with Crippen LogP contribution in [-0.2, 0) is 12.6 Å². The number of aryl methyl sites for hydroxylation is 2. The number of nitrogens with zero attached hydrogens (tertiary/aromatic N) is 1. The molecule has 2 aromatic carbocycles. The molecule has 0 saturated carbocycles. The molecule has 0 fully saturated rings. The Labute approximate surface area is 176 Å². The fourth-order valence-electron chi connectivity index (χ4n) is 2.78. The van der Waals surface area contributed by atoms with Crippen LogP contribution in [0.15, 0.2) is 65.6 Å². The topological polar surface area (TPSA) is 34.1 Å². The first kappa shape index (κ1) is 22.0. The van der Waals surface area contributed by atoms with Crippen LogP contribution in [-0.4, -0.2) is 11.6 Å². The number of pyridine rings is 1. The molecular weight excluding hydrogens is 416 g/mol. The number of anilines is 1. The Bertz CT molecular complexity index is 995. The molecule has 0 saturated heterocycles. The molecule has 0 bridgehead atoms. The van der Waals surface area contributed by atoms with Gasteiger partial charge in [0.2, 0.25) is 5.95 Å². The summed E-state index contributed by atoms with van der Waals surface area (Å²) < 4.78 is 57.5. The van der Waals surface area contributed by atoms with E-state index in [0.29, 0.717) is 11.4 Å². The van der Waals surface area contributed by atoms with E-state index in [-0.39, 0.29) is 0 Å². The van der Waals surface area contributed by atoms with Crippen molar-refractivity contribution in [2.75, 3.05) is 11.3 Å². The van der Waals surface area contributed by atoms with Gasteiger partial charge in [-0.2, -0.15) is 17.6 Å². The van der Waals surface area contributed by atoms with Crippen LogP contribution in [0.3, 0.4) is 0 Å². The highest BCUT2D eigenvalue weighted by atomic mass is 32.2. The summed E-state index contributed by atoms with van der Waals surface area (Å²) in [4.78, 5) is 4.77. The normalized spacial score (nSPS) is 12.8. The average molecular weight is 436 g/mol. The summed E-state index contributed by atoms with van der Waals surface area (Å²) >= 11 is 1.40. The first-order chi connectivity index (χ1) is 14.3. The SMILES string of the molecule is Cc1cccc(C(F)(F)F)c1.Fc1cccc(NSc2ccc3c(c2)OCCC3)n1. The Morgan fingerprint density at radius 3 is 2.53 bits per heavy atom. The Kier molecular flexibility index (Phi) is 7.20. The quantitative estimate of drug-likeness (QED) is 0.282. The lowest BCUT2D eigenvalue weighted by molar-refractivity contribution is -0.137. The van der Waals surface area contributed by atoms with Crippen LogP contribution in [0.2, 0.25) is 0 Å². The van der Waals surface area contributed by atoms with E-state index < -0.39 is 17.7 Å². The van der Waals surface area contributed by atoms with Crippen LogP contribution in [0.25, 0.3) is 0 Å². The minimum atomic E-state index is -4.22. The van der Waals surface area contributed by atoms with E-state index >= 15 is 0 Å². The predicted octanol–water partition coefficient (Wildman–Crippen LogP) is 6.68. The second-order valence-electron chi connectivity index (χ2n) is 6.64. The minimum Gasteiger partial charge on any atom is -0.493 e. The molecule has 0 unspecified atom stereocenters. The summed E-state index contributed by atoms with van der Waals surface area (Å²) in [5.41, 5.74) is 1.29. The summed E-state index contributed by atoms with van der Waals surface area (Å²) in [6.07, 6.45) is -2.07. The average Bonchev–Trinajstić information content (AvgIpc) is 2.72. The van der Waals surface area contributed by atoms with Gasteiger partial charge in [-0.25, -0.2) is 4.98 Å². The van der Waals surface area contributed by atoms with Gasteiger partial charge >= 0.3 is 6.18 Å². The molecule has 1 N–H and O–H groups in total. The fraction of sp³-hybridized carbons (Fsp3) is 0.227. The van der Waals surface area contributed by atoms with Crippen molar-refractivity contribution in [3.63, 3.8) is 0 Å². The van der Waals surface area contributed by atoms with Gasteiger partial charge in [0.25, 0.3) is 0 Å². The zero-order valence-electron chi connectivity index (χ0n) is 16.2. The minimum absolute atomic E-state index is 0.487. The van der Waals surface area contributed by atoms with E-state index in [1.807, 2.05) is 12.1 Å². The molecule has 4 rings (SSSR count). The summed E-state index contributed by atoms with van der Waals surface area (Å²) in [7, 11) is 0. The Hall–Kier alpha value is -2.74. The number of hydrogen-bond acceptors (Lipinski definition) is 4. The molecule has 0 amide bonds. The second kappa shape index (κ2) is 9.84. The van der Waals surface area contributed by atoms with E-state index in [2.05, 4.69) is 15.8 Å². The predicted molar refractivity (Wildman–Crippen MR) is 110 cm³/mol. The molecule has 158 valence electrons. The van der Waals surface area contributed by atoms with E-state index in [4.69, 9.17) is 4.74 Å². The van der Waals surface area contributed by atoms with Gasteiger partial charge in [0, 0.05) is 4.90 Å². The zero-order chi connectivity index (χ0) is 21.6. The monoisotopic (exact) mass is 436 g/mol. The number of hydrogen-bond donors (Lipinski definition) is 1. The molecule has 3 aromatic rings. The van der Waals surface area contributed by atoms with Crippen LogP contribution in [0, 0.1) is 12.9 Å². The highest BCUT2D eigenvalue weighted by molar-refractivity contribution is 8.00. The zero-order valence-corrected chi connectivity index (χ0v) is 17.0. The van der Waals surface area contributed by atoms with Crippen LogP contribution in [0.5, 0.6) is 5.75 Å². The molecule has 3 nitrogen and oxygen atoms in total. The summed E-state index contributed by atoms with van der Waals surface area (Å²) in [6.45, 7) is 2.41. The fourth-order valence-corrected chi connectivity index (χ4v) is 3.42. The molecule has 1 aliphatic rings. The van der Waals surface area contributed by atoms with Gasteiger partial charge < -0.3 is 9.46 Å². The molecule has 30 heavy (non-hydrogen) atoms. The molecule has 1 aromatic heterocycles. The number of halogens is 4. The van der Waals surface area contributed by atoms with Crippen LogP contribution >= 0.6 is 11.9 Å². The second-order valence-corrected chi connectivity index (χ2v) is 7.52. The number of ether oxygens (including phenoxy) is 1. The Balaban J connectivity index is 0.000000199. The highest BCUT2D eigenvalue weighted by Gasteiger charge is 2.29. The third kappa shape index (κ3) is 6.38. The van der Waals surface area contributed by atoms with Gasteiger partial charge in [-0.1, -0.05) is 35.9 Å². The van der Waals surface area contributed by atoms with Gasteiger partial charge in [0.15, 0.2) is 0 Å². The standard InChI is InChI=1S/C14H13FN2OS.C8H7F3/c15-13-4-1-5-14(16-13)17-19-11-7-6-10-3-2-8-18-12(10)9-11;1-6-3-2-4-7(5-6)8(9,10)11/h1,4-7,9H,2-3,8H2,(H,16,17);2-5H,1H3. The molecule has 1 aliphatic heterocycles. The summed E-state index contributed by atoms with van der Waals surface area (Å²) in [6, 6.07) is 16.0. The molecule has 2 heterocycles. The van der Waals surface area contributed by atoms with Crippen LogP contribution < -0.4 is 9.46 Å². The maximum absolute atomic E-state index is 12.9. The molecule has 0 atom stereocenters. The maximum Gasteiger partial charge on any atom is 0.416 e. The van der Waals surface area contributed by atoms with Gasteiger partial charge in [-0.05, 0) is 67.6 Å². The molecule has 8 heteroatoms. The van der Waals surface area contributed by atoms with Crippen molar-refractivity contribution in [1.82, 2.24) is 4.98 Å². The molecule has 0 radical (unpaired) electrons. The lowest BCUT2D eigenvalue weighted by Crippen LogP contribution is -2.08. The first-order valence-electron chi connectivity index (χ1n) is 9.26. The number of nitrogens with one attached hydrogen (secondary N) is 1. The molecule has 0 spiro atoms. The van der Waals surface area contributed by atoms with Crippen molar-refractivity contribution in [2.24, 2.45) is 0 Å². The van der Waals surface area contributed by atoms with Gasteiger partial charge in [0.1, 0.15) is 11.6 Å². The van der Waals surface area contributed by atoms with Crippen molar-refractivity contribution in [3.8, 4) is 5.75 Å². The number of fused-ring (bicyclic) bond motifs is 1. The Morgan fingerprint density at radius 1 is 1.03 bits per heavy atom. The highest BCUT2D eigenvalue weighted by Crippen LogP contribution is 2.31. The molecule has 0 aliphatic carbocycles. The maximum atomic E-state index is 12.9. The Morgan fingerprint density at radius 2 is 1.83 bits per heavy atom. The van der Waals surface area contributed by atoms with Gasteiger partial charge in [-0.15, -0.1) is 0 Å². The lowest BCUT2D eigenvalue weighted by atomic mass is 10.1. The van der Waals surface area contributed by atoms with Crippen molar-refractivity contribution in [2.45, 2.75) is 30.8 Å². The largest absolute Gasteiger partial charge is 0.493 e. The van der Waals surface area contributed by atoms with Gasteiger partial charge in [0.05, 0.1) is 12.2 Å². The molecular formula is C22H20F4N2OS. The van der Waals surface area contributed by atoms with E-state index in [1.165, 1.54) is 29.6 Å². The van der Waals surface area contributed by atoms with Crippen molar-refractivity contribution in [3.05, 3.63) is 83.3 Å². The van der Waals surface area contributed by atoms with Crippen molar-refractivity contribution in [1.29, 1.82) is 0 Å². The third-order valence-electron chi connectivity index (χ3n) is 4.22. The van der Waals surface area contributed by atoms with Crippen LogP contribution in [0.4, 0.5) is 23.4 Å². The first-order valence-corrected chi connectivity index (χ1v) is 10.1. The van der Waals surface area contributed by atoms with Crippen LogP contribution in [0.1, 0.15) is 23.1 Å². The number of rotatable bonds is 3. The summed E-state index contributed by atoms with van der Waals surface area (Å²) in [5, 5.41) is 0. The number of alkyl halides is 3. The smallest absolute Gasteiger partial charge is 0.416 e. The summed E-state index contributed by atoms with van der Waals surface area (Å²) in [5.74, 6) is 0.966. The lowest BCUT2D eigenvalue weighted by Gasteiger charge is -2.17. The number of aromatic nitrogens is 1.